The van der Waals surface area contributed by atoms with E-state index in [4.69, 9.17) is 12.2 Å². The molecule has 20 heavy (non-hydrogen) atoms. The largest absolute Gasteiger partial charge is 0.385 e. The van der Waals surface area contributed by atoms with Gasteiger partial charge in [0.1, 0.15) is 11.9 Å². The Hall–Kier alpha value is -2.28. The van der Waals surface area contributed by atoms with Crippen molar-refractivity contribution in [3.63, 3.8) is 0 Å². The van der Waals surface area contributed by atoms with Crippen LogP contribution in [0.15, 0.2) is 29.3 Å². The fourth-order valence-electron chi connectivity index (χ4n) is 2.79. The molecule has 2 atom stereocenters. The Bertz CT molecular complexity index is 625. The first-order valence-electron chi connectivity index (χ1n) is 6.84. The molecule has 1 aromatic carbocycles. The van der Waals surface area contributed by atoms with E-state index < -0.39 is 0 Å². The number of urea groups is 1. The standard InChI is InChI=1S/C16H17N3O/c1-3-10(2)19-14(15(17)18-16(19)20)13-7-5-4-6-12(13)11-8-9-11/h1,4-7,10-11,14H,8-9H2,2H3,(H2,17,18,20). The van der Waals surface area contributed by atoms with Gasteiger partial charge in [-0.3, -0.25) is 4.90 Å². The van der Waals surface area contributed by atoms with E-state index in [2.05, 4.69) is 17.0 Å². The molecule has 0 bridgehead atoms. The van der Waals surface area contributed by atoms with E-state index in [1.165, 1.54) is 18.4 Å². The molecule has 2 N–H and O–H groups in total. The number of hydrogen-bond acceptors (Lipinski definition) is 2. The van der Waals surface area contributed by atoms with Gasteiger partial charge in [-0.1, -0.05) is 30.2 Å². The molecule has 1 aliphatic heterocycles. The normalized spacial score (nSPS) is 23.4. The van der Waals surface area contributed by atoms with E-state index >= 15 is 0 Å². The van der Waals surface area contributed by atoms with Crippen molar-refractivity contribution in [1.82, 2.24) is 4.90 Å². The highest BCUT2D eigenvalue weighted by molar-refractivity contribution is 6.03. The topological polar surface area (TPSA) is 58.7 Å². The maximum Gasteiger partial charge on any atom is 0.347 e. The van der Waals surface area contributed by atoms with E-state index in [-0.39, 0.29) is 18.1 Å². The van der Waals surface area contributed by atoms with Gasteiger partial charge < -0.3 is 5.73 Å². The van der Waals surface area contributed by atoms with Gasteiger partial charge in [0.25, 0.3) is 0 Å². The molecule has 2 aliphatic rings. The van der Waals surface area contributed by atoms with Crippen LogP contribution in [0.25, 0.3) is 0 Å². The van der Waals surface area contributed by atoms with Crippen LogP contribution in [-0.4, -0.2) is 22.8 Å². The van der Waals surface area contributed by atoms with Crippen LogP contribution in [0.5, 0.6) is 0 Å². The van der Waals surface area contributed by atoms with E-state index in [1.54, 1.807) is 4.90 Å². The number of amidine groups is 1. The Morgan fingerprint density at radius 3 is 2.65 bits per heavy atom. The zero-order chi connectivity index (χ0) is 14.3. The average molecular weight is 267 g/mol. The molecular formula is C16H17N3O. The van der Waals surface area contributed by atoms with Crippen LogP contribution in [0.4, 0.5) is 4.79 Å². The Balaban J connectivity index is 2.05. The molecular weight excluding hydrogens is 250 g/mol. The van der Waals surface area contributed by atoms with Gasteiger partial charge in [0.05, 0.1) is 6.04 Å². The van der Waals surface area contributed by atoms with Gasteiger partial charge in [-0.25, -0.2) is 4.79 Å². The second kappa shape index (κ2) is 4.68. The lowest BCUT2D eigenvalue weighted by Gasteiger charge is -2.28. The average Bonchev–Trinajstić information content (AvgIpc) is 3.24. The zero-order valence-electron chi connectivity index (χ0n) is 11.4. The summed E-state index contributed by atoms with van der Waals surface area (Å²) >= 11 is 0. The van der Waals surface area contributed by atoms with Crippen molar-refractivity contribution >= 4 is 11.9 Å². The molecule has 3 rings (SSSR count). The number of aliphatic imine (C=N–C) groups is 1. The maximum absolute atomic E-state index is 12.0. The second-order valence-electron chi connectivity index (χ2n) is 5.37. The number of carbonyl (C=O) groups is 1. The molecule has 2 amide bonds. The molecule has 4 nitrogen and oxygen atoms in total. The van der Waals surface area contributed by atoms with E-state index in [0.29, 0.717) is 11.8 Å². The quantitative estimate of drug-likeness (QED) is 0.855. The van der Waals surface area contributed by atoms with Gasteiger partial charge in [-0.2, -0.15) is 4.99 Å². The first-order valence-corrected chi connectivity index (χ1v) is 6.84. The van der Waals surface area contributed by atoms with Crippen molar-refractivity contribution in [2.45, 2.75) is 37.8 Å². The number of nitrogens with two attached hydrogens (primary N) is 1. The molecule has 1 aromatic rings. The van der Waals surface area contributed by atoms with Gasteiger partial charge >= 0.3 is 6.03 Å². The van der Waals surface area contributed by atoms with Gasteiger partial charge in [-0.15, -0.1) is 6.42 Å². The van der Waals surface area contributed by atoms with Crippen molar-refractivity contribution in [3.05, 3.63) is 35.4 Å². The SMILES string of the molecule is C#CC(C)N1C(=O)N=C(N)C1c1ccccc1C1CC1. The Morgan fingerprint density at radius 2 is 2.05 bits per heavy atom. The number of carbonyl (C=O) groups excluding carboxylic acids is 1. The van der Waals surface area contributed by atoms with Crippen LogP contribution in [-0.2, 0) is 0 Å². The molecule has 102 valence electrons. The lowest BCUT2D eigenvalue weighted by Crippen LogP contribution is -2.39. The summed E-state index contributed by atoms with van der Waals surface area (Å²) in [7, 11) is 0. The minimum atomic E-state index is -0.344. The van der Waals surface area contributed by atoms with Crippen molar-refractivity contribution in [2.24, 2.45) is 10.7 Å². The monoisotopic (exact) mass is 267 g/mol. The molecule has 1 heterocycles. The molecule has 1 aliphatic carbocycles. The van der Waals surface area contributed by atoms with Gasteiger partial charge in [0.15, 0.2) is 0 Å². The molecule has 2 unspecified atom stereocenters. The second-order valence-corrected chi connectivity index (χ2v) is 5.37. The fourth-order valence-corrected chi connectivity index (χ4v) is 2.79. The number of nitrogens with zero attached hydrogens (tertiary/aromatic N) is 2. The predicted octanol–water partition coefficient (Wildman–Crippen LogP) is 2.42. The number of amides is 2. The molecule has 0 spiro atoms. The van der Waals surface area contributed by atoms with Gasteiger partial charge in [0, 0.05) is 0 Å². The van der Waals surface area contributed by atoms with E-state index in [1.807, 2.05) is 25.1 Å². The van der Waals surface area contributed by atoms with Gasteiger partial charge in [-0.05, 0) is 36.8 Å². The molecule has 0 radical (unpaired) electrons. The summed E-state index contributed by atoms with van der Waals surface area (Å²) in [5.41, 5.74) is 8.32. The van der Waals surface area contributed by atoms with Crippen molar-refractivity contribution in [3.8, 4) is 12.3 Å². The first kappa shape index (κ1) is 12.7. The number of rotatable bonds is 3. The third-order valence-corrected chi connectivity index (χ3v) is 3.97. The maximum atomic E-state index is 12.0. The summed E-state index contributed by atoms with van der Waals surface area (Å²) in [5.74, 6) is 3.52. The Kier molecular flexibility index (Phi) is 2.98. The van der Waals surface area contributed by atoms with E-state index in [9.17, 15) is 4.79 Å². The highest BCUT2D eigenvalue weighted by Crippen LogP contribution is 2.44. The number of terminal acetylenes is 1. The Labute approximate surface area is 118 Å². The summed E-state index contributed by atoms with van der Waals surface area (Å²) in [6.07, 6.45) is 7.86. The lowest BCUT2D eigenvalue weighted by atomic mass is 9.95. The van der Waals surface area contributed by atoms with Crippen molar-refractivity contribution in [1.29, 1.82) is 0 Å². The number of hydrogen-bond donors (Lipinski definition) is 1. The Morgan fingerprint density at radius 1 is 1.40 bits per heavy atom. The van der Waals surface area contributed by atoms with Crippen LogP contribution in [0.3, 0.4) is 0 Å². The van der Waals surface area contributed by atoms with Crippen molar-refractivity contribution in [2.75, 3.05) is 0 Å². The summed E-state index contributed by atoms with van der Waals surface area (Å²) < 4.78 is 0. The fraction of sp³-hybridized carbons (Fsp3) is 0.375. The number of benzene rings is 1. The molecule has 1 saturated carbocycles. The highest BCUT2D eigenvalue weighted by Gasteiger charge is 2.39. The highest BCUT2D eigenvalue weighted by atomic mass is 16.2. The van der Waals surface area contributed by atoms with Crippen LogP contribution >= 0.6 is 0 Å². The molecule has 1 fully saturated rings. The predicted molar refractivity (Wildman–Crippen MR) is 78.3 cm³/mol. The third-order valence-electron chi connectivity index (χ3n) is 3.97. The summed E-state index contributed by atoms with van der Waals surface area (Å²) in [5, 5.41) is 0. The van der Waals surface area contributed by atoms with Crippen molar-refractivity contribution < 1.29 is 4.79 Å². The van der Waals surface area contributed by atoms with Gasteiger partial charge in [0.2, 0.25) is 0 Å². The summed E-state index contributed by atoms with van der Waals surface area (Å²) in [6, 6.07) is 7.13. The minimum absolute atomic E-state index is 0.328. The lowest BCUT2D eigenvalue weighted by molar-refractivity contribution is 0.198. The summed E-state index contributed by atoms with van der Waals surface area (Å²) in [6.45, 7) is 1.82. The zero-order valence-corrected chi connectivity index (χ0v) is 11.4. The van der Waals surface area contributed by atoms with E-state index in [0.717, 1.165) is 5.56 Å². The van der Waals surface area contributed by atoms with Crippen LogP contribution in [0.2, 0.25) is 0 Å². The molecule has 0 saturated heterocycles. The first-order chi connectivity index (χ1) is 9.63. The molecule has 4 heteroatoms. The smallest absolute Gasteiger partial charge is 0.347 e. The minimum Gasteiger partial charge on any atom is -0.385 e. The van der Waals surface area contributed by atoms with Crippen LogP contribution in [0.1, 0.15) is 42.9 Å². The van der Waals surface area contributed by atoms with Crippen LogP contribution < -0.4 is 5.73 Å². The summed E-state index contributed by atoms with van der Waals surface area (Å²) in [4.78, 5) is 17.5. The molecule has 0 aromatic heterocycles. The third kappa shape index (κ3) is 1.96. The van der Waals surface area contributed by atoms with Crippen LogP contribution in [0, 0.1) is 12.3 Å².